The van der Waals surface area contributed by atoms with Crippen LogP contribution in [-0.2, 0) is 16.6 Å². The number of hydrogen-bond donors (Lipinski definition) is 2. The van der Waals surface area contributed by atoms with Crippen LogP contribution >= 0.6 is 0 Å². The highest BCUT2D eigenvalue weighted by atomic mass is 32.2. The Morgan fingerprint density at radius 1 is 1.06 bits per heavy atom. The summed E-state index contributed by atoms with van der Waals surface area (Å²) in [6, 6.07) is 17.5. The third kappa shape index (κ3) is 4.94. The Labute approximate surface area is 192 Å². The molecule has 0 spiro atoms. The maximum absolute atomic E-state index is 13.2. The fourth-order valence-corrected chi connectivity index (χ4v) is 4.83. The van der Waals surface area contributed by atoms with Crippen molar-refractivity contribution in [3.05, 3.63) is 77.5 Å². The smallest absolute Gasteiger partial charge is 0.259 e. The van der Waals surface area contributed by atoms with Gasteiger partial charge < -0.3 is 9.84 Å². The first-order valence-corrected chi connectivity index (χ1v) is 11.9. The normalized spacial score (nSPS) is 11.8. The van der Waals surface area contributed by atoms with E-state index < -0.39 is 10.0 Å². The molecule has 1 amide bonds. The number of nitrogens with zero attached hydrogens (tertiary/aromatic N) is 2. The lowest BCUT2D eigenvalue weighted by atomic mass is 10.0. The molecule has 4 rings (SSSR count). The van der Waals surface area contributed by atoms with Gasteiger partial charge in [0.2, 0.25) is 10.0 Å². The molecule has 0 aliphatic rings. The maximum Gasteiger partial charge on any atom is 0.259 e. The van der Waals surface area contributed by atoms with Gasteiger partial charge in [0.15, 0.2) is 0 Å². The van der Waals surface area contributed by atoms with Gasteiger partial charge in [-0.1, -0.05) is 47.6 Å². The minimum absolute atomic E-state index is 0.149. The van der Waals surface area contributed by atoms with Gasteiger partial charge in [0.05, 0.1) is 27.2 Å². The second kappa shape index (κ2) is 9.13. The Balaban J connectivity index is 1.61. The first-order chi connectivity index (χ1) is 15.7. The van der Waals surface area contributed by atoms with E-state index in [1.807, 2.05) is 30.3 Å². The molecule has 2 heterocycles. The summed E-state index contributed by atoms with van der Waals surface area (Å²) in [4.78, 5) is 17.8. The van der Waals surface area contributed by atoms with Crippen LogP contribution in [0.2, 0.25) is 0 Å². The van der Waals surface area contributed by atoms with Crippen molar-refractivity contribution in [1.29, 1.82) is 0 Å². The van der Waals surface area contributed by atoms with Crippen molar-refractivity contribution in [3.63, 3.8) is 0 Å². The third-order valence-electron chi connectivity index (χ3n) is 4.98. The highest BCUT2D eigenvalue weighted by molar-refractivity contribution is 7.89. The molecule has 0 aliphatic heterocycles. The van der Waals surface area contributed by atoms with Crippen molar-refractivity contribution in [3.8, 4) is 11.3 Å². The molecule has 2 N–H and O–H groups in total. The molecule has 0 unspecified atom stereocenters. The van der Waals surface area contributed by atoms with Gasteiger partial charge in [-0.2, -0.15) is 0 Å². The molecule has 0 bridgehead atoms. The lowest BCUT2D eigenvalue weighted by Crippen LogP contribution is -2.30. The highest BCUT2D eigenvalue weighted by Crippen LogP contribution is 2.27. The van der Waals surface area contributed by atoms with Crippen LogP contribution in [0.3, 0.4) is 0 Å². The SMILES string of the molecule is Cc1noc2nc(-c3ccccc3)cc(C(=O)NCc3cccc(S(=O)(=O)NC(C)C)c3)c12. The highest BCUT2D eigenvalue weighted by Gasteiger charge is 2.20. The van der Waals surface area contributed by atoms with E-state index in [1.165, 1.54) is 6.07 Å². The summed E-state index contributed by atoms with van der Waals surface area (Å²) in [5.41, 5.74) is 3.34. The van der Waals surface area contributed by atoms with Gasteiger partial charge in [-0.15, -0.1) is 0 Å². The van der Waals surface area contributed by atoms with E-state index in [-0.39, 0.29) is 29.1 Å². The third-order valence-corrected chi connectivity index (χ3v) is 6.64. The quantitative estimate of drug-likeness (QED) is 0.430. The number of carbonyl (C=O) groups excluding carboxylic acids is 1. The van der Waals surface area contributed by atoms with Crippen LogP contribution in [0.25, 0.3) is 22.4 Å². The number of nitrogens with one attached hydrogen (secondary N) is 2. The Bertz CT molecular complexity index is 1410. The Hall–Kier alpha value is -3.56. The fraction of sp³-hybridized carbons (Fsp3) is 0.208. The summed E-state index contributed by atoms with van der Waals surface area (Å²) in [5.74, 6) is -0.334. The lowest BCUT2D eigenvalue weighted by Gasteiger charge is -2.12. The average molecular weight is 465 g/mol. The first-order valence-electron chi connectivity index (χ1n) is 10.5. The predicted octanol–water partition coefficient (Wildman–Crippen LogP) is 3.81. The first kappa shape index (κ1) is 22.6. The molecular weight excluding hydrogens is 440 g/mol. The number of rotatable bonds is 7. The van der Waals surface area contributed by atoms with Crippen LogP contribution < -0.4 is 10.0 Å². The lowest BCUT2D eigenvalue weighted by molar-refractivity contribution is 0.0952. The fourth-order valence-electron chi connectivity index (χ4n) is 3.51. The Morgan fingerprint density at radius 3 is 2.55 bits per heavy atom. The number of amides is 1. The second-order valence-corrected chi connectivity index (χ2v) is 9.69. The van der Waals surface area contributed by atoms with Crippen molar-refractivity contribution < 1.29 is 17.7 Å². The molecule has 170 valence electrons. The number of fused-ring (bicyclic) bond motifs is 1. The standard InChI is InChI=1S/C24H24N4O4S/c1-15(2)28-33(30,31)19-11-7-8-17(12-19)14-25-23(29)20-13-21(18-9-5-4-6-10-18)26-24-22(20)16(3)27-32-24/h4-13,15,28H,14H2,1-3H3,(H,25,29). The van der Waals surface area contributed by atoms with E-state index in [1.54, 1.807) is 45.0 Å². The second-order valence-electron chi connectivity index (χ2n) is 7.98. The van der Waals surface area contributed by atoms with Crippen molar-refractivity contribution in [2.45, 2.75) is 38.3 Å². The number of carbonyl (C=O) groups is 1. The van der Waals surface area contributed by atoms with E-state index in [0.717, 1.165) is 5.56 Å². The van der Waals surface area contributed by atoms with Crippen molar-refractivity contribution in [1.82, 2.24) is 20.2 Å². The van der Waals surface area contributed by atoms with E-state index in [2.05, 4.69) is 20.2 Å². The van der Waals surface area contributed by atoms with E-state index >= 15 is 0 Å². The number of aryl methyl sites for hydroxylation is 1. The molecule has 4 aromatic rings. The molecule has 8 nitrogen and oxygen atoms in total. The number of benzene rings is 2. The monoisotopic (exact) mass is 464 g/mol. The zero-order valence-corrected chi connectivity index (χ0v) is 19.3. The average Bonchev–Trinajstić information content (AvgIpc) is 3.17. The number of pyridine rings is 1. The molecule has 0 saturated carbocycles. The van der Waals surface area contributed by atoms with Gasteiger partial charge in [0.1, 0.15) is 0 Å². The summed E-state index contributed by atoms with van der Waals surface area (Å²) >= 11 is 0. The van der Waals surface area contributed by atoms with Gasteiger partial charge >= 0.3 is 0 Å². The van der Waals surface area contributed by atoms with Gasteiger partial charge in [-0.05, 0) is 44.5 Å². The van der Waals surface area contributed by atoms with E-state index in [0.29, 0.717) is 27.9 Å². The van der Waals surface area contributed by atoms with Gasteiger partial charge in [-0.3, -0.25) is 4.79 Å². The van der Waals surface area contributed by atoms with Crippen LogP contribution in [0.15, 0.2) is 70.1 Å². The van der Waals surface area contributed by atoms with Gasteiger partial charge in [0.25, 0.3) is 11.6 Å². The van der Waals surface area contributed by atoms with Gasteiger partial charge in [0, 0.05) is 18.2 Å². The summed E-state index contributed by atoms with van der Waals surface area (Å²) in [6.45, 7) is 5.42. The summed E-state index contributed by atoms with van der Waals surface area (Å²) in [7, 11) is -3.63. The van der Waals surface area contributed by atoms with Gasteiger partial charge in [-0.25, -0.2) is 18.1 Å². The molecule has 0 fully saturated rings. The van der Waals surface area contributed by atoms with E-state index in [9.17, 15) is 13.2 Å². The number of hydrogen-bond acceptors (Lipinski definition) is 6. The molecular formula is C24H24N4O4S. The minimum Gasteiger partial charge on any atom is -0.348 e. The predicted molar refractivity (Wildman–Crippen MR) is 125 cm³/mol. The van der Waals surface area contributed by atoms with Crippen LogP contribution in [0.5, 0.6) is 0 Å². The molecule has 0 aliphatic carbocycles. The van der Waals surface area contributed by atoms with Crippen molar-refractivity contribution in [2.24, 2.45) is 0 Å². The zero-order chi connectivity index (χ0) is 23.6. The largest absolute Gasteiger partial charge is 0.348 e. The molecule has 2 aromatic heterocycles. The summed E-state index contributed by atoms with van der Waals surface area (Å²) in [5, 5.41) is 7.38. The van der Waals surface area contributed by atoms with Crippen molar-refractivity contribution in [2.75, 3.05) is 0 Å². The Kier molecular flexibility index (Phi) is 6.26. The molecule has 2 aromatic carbocycles. The topological polar surface area (TPSA) is 114 Å². The van der Waals surface area contributed by atoms with E-state index in [4.69, 9.17) is 4.52 Å². The van der Waals surface area contributed by atoms with Crippen LogP contribution in [-0.4, -0.2) is 30.5 Å². The molecule has 33 heavy (non-hydrogen) atoms. The molecule has 0 atom stereocenters. The summed E-state index contributed by atoms with van der Waals surface area (Å²) in [6.07, 6.45) is 0. The maximum atomic E-state index is 13.2. The molecule has 0 saturated heterocycles. The van der Waals surface area contributed by atoms with Crippen LogP contribution in [0.1, 0.15) is 35.5 Å². The van der Waals surface area contributed by atoms with Crippen LogP contribution in [0.4, 0.5) is 0 Å². The summed E-state index contributed by atoms with van der Waals surface area (Å²) < 4.78 is 32.8. The van der Waals surface area contributed by atoms with Crippen molar-refractivity contribution >= 4 is 27.0 Å². The zero-order valence-electron chi connectivity index (χ0n) is 18.5. The van der Waals surface area contributed by atoms with Crippen LogP contribution in [0, 0.1) is 6.92 Å². The number of sulfonamides is 1. The Morgan fingerprint density at radius 2 is 1.82 bits per heavy atom. The molecule has 9 heteroatoms. The molecule has 0 radical (unpaired) electrons. The number of aromatic nitrogens is 2. The minimum atomic E-state index is -3.63.